The van der Waals surface area contributed by atoms with E-state index >= 15 is 0 Å². The maximum absolute atomic E-state index is 8.99. The van der Waals surface area contributed by atoms with E-state index in [9.17, 15) is 0 Å². The molecule has 0 bridgehead atoms. The van der Waals surface area contributed by atoms with Gasteiger partial charge in [0.15, 0.2) is 0 Å². The second-order valence-corrected chi connectivity index (χ2v) is 1.89. The number of hydrogen-bond donors (Lipinski definition) is 3. The lowest BCUT2D eigenvalue weighted by molar-refractivity contribution is -0.283. The number of aliphatic hydroxyl groups excluding tert-OH is 2. The largest absolute Gasteiger partial charge is 0.396 e. The van der Waals surface area contributed by atoms with Gasteiger partial charge in [-0.25, -0.2) is 4.89 Å². The second-order valence-electron chi connectivity index (χ2n) is 1.89. The molecule has 0 saturated heterocycles. The summed E-state index contributed by atoms with van der Waals surface area (Å²) in [6.45, 7) is 3.16. The van der Waals surface area contributed by atoms with E-state index in [-0.39, 0.29) is 13.0 Å². The quantitative estimate of drug-likeness (QED) is 0.286. The fraction of sp³-hybridized carbons (Fsp3) is 0.667. The van der Waals surface area contributed by atoms with Gasteiger partial charge in [-0.15, -0.1) is 6.58 Å². The van der Waals surface area contributed by atoms with Crippen molar-refractivity contribution in [2.45, 2.75) is 18.6 Å². The van der Waals surface area contributed by atoms with Crippen molar-refractivity contribution in [2.24, 2.45) is 0 Å². The fourth-order valence-electron chi connectivity index (χ4n) is 0.567. The van der Waals surface area contributed by atoms with Crippen LogP contribution >= 0.6 is 0 Å². The smallest absolute Gasteiger partial charge is 0.136 e. The Labute approximate surface area is 59.3 Å². The van der Waals surface area contributed by atoms with Crippen LogP contribution in [0.1, 0.15) is 6.42 Å². The Hall–Kier alpha value is -0.420. The predicted octanol–water partition coefficient (Wildman–Crippen LogP) is -0.226. The van der Waals surface area contributed by atoms with Gasteiger partial charge in [0.2, 0.25) is 0 Å². The molecule has 10 heavy (non-hydrogen) atoms. The molecule has 0 spiro atoms. The molecule has 2 atom stereocenters. The Morgan fingerprint density at radius 2 is 2.20 bits per heavy atom. The summed E-state index contributed by atoms with van der Waals surface area (Å²) in [7, 11) is 0. The molecule has 0 fully saturated rings. The first-order chi connectivity index (χ1) is 4.76. The molecule has 0 aliphatic heterocycles. The molecule has 4 heteroatoms. The van der Waals surface area contributed by atoms with Gasteiger partial charge in [-0.05, 0) is 6.42 Å². The second kappa shape index (κ2) is 5.37. The zero-order chi connectivity index (χ0) is 7.98. The standard InChI is InChI=1S/C6H12O4/c1-2-6(10-9)5(8)3-4-7/h2,5-9H,1,3-4H2/t5-,6+/m1/s1. The first-order valence-electron chi connectivity index (χ1n) is 2.98. The van der Waals surface area contributed by atoms with Gasteiger partial charge < -0.3 is 10.2 Å². The Bertz CT molecular complexity index is 93.7. The van der Waals surface area contributed by atoms with E-state index in [0.717, 1.165) is 0 Å². The molecule has 0 unspecified atom stereocenters. The van der Waals surface area contributed by atoms with E-state index in [1.54, 1.807) is 0 Å². The Kier molecular flexibility index (Phi) is 5.15. The normalized spacial score (nSPS) is 16.3. The van der Waals surface area contributed by atoms with Crippen LogP contribution in [0.5, 0.6) is 0 Å². The van der Waals surface area contributed by atoms with Crippen molar-refractivity contribution in [1.29, 1.82) is 0 Å². The average molecular weight is 148 g/mol. The van der Waals surface area contributed by atoms with E-state index in [1.807, 2.05) is 0 Å². The van der Waals surface area contributed by atoms with Crippen molar-refractivity contribution in [1.82, 2.24) is 0 Å². The summed E-state index contributed by atoms with van der Waals surface area (Å²) in [6.07, 6.45) is -0.281. The fourth-order valence-corrected chi connectivity index (χ4v) is 0.567. The lowest BCUT2D eigenvalue weighted by Crippen LogP contribution is -2.26. The van der Waals surface area contributed by atoms with Crippen LogP contribution in [0, 0.1) is 0 Å². The van der Waals surface area contributed by atoms with Crippen molar-refractivity contribution in [3.05, 3.63) is 12.7 Å². The van der Waals surface area contributed by atoms with Gasteiger partial charge >= 0.3 is 0 Å². The van der Waals surface area contributed by atoms with E-state index in [2.05, 4.69) is 11.5 Å². The number of aliphatic hydroxyl groups is 2. The average Bonchev–Trinajstić information content (AvgIpc) is 1.91. The number of rotatable bonds is 5. The Morgan fingerprint density at radius 3 is 2.50 bits per heavy atom. The monoisotopic (exact) mass is 148 g/mol. The molecule has 0 aromatic carbocycles. The highest BCUT2D eigenvalue weighted by Crippen LogP contribution is 2.02. The molecule has 0 amide bonds. The molecule has 4 nitrogen and oxygen atoms in total. The van der Waals surface area contributed by atoms with Gasteiger partial charge in [0, 0.05) is 6.61 Å². The van der Waals surface area contributed by atoms with Crippen molar-refractivity contribution < 1.29 is 20.4 Å². The van der Waals surface area contributed by atoms with Gasteiger partial charge in [-0.3, -0.25) is 5.26 Å². The van der Waals surface area contributed by atoms with Gasteiger partial charge in [-0.1, -0.05) is 6.08 Å². The molecule has 3 N–H and O–H groups in total. The van der Waals surface area contributed by atoms with Crippen LogP contribution in [0.3, 0.4) is 0 Å². The molecule has 0 radical (unpaired) electrons. The minimum Gasteiger partial charge on any atom is -0.396 e. The summed E-state index contributed by atoms with van der Waals surface area (Å²) in [5.74, 6) is 0. The molecular formula is C6H12O4. The Balaban J connectivity index is 3.63. The third-order valence-electron chi connectivity index (χ3n) is 1.16. The predicted molar refractivity (Wildman–Crippen MR) is 35.4 cm³/mol. The Morgan fingerprint density at radius 1 is 1.60 bits per heavy atom. The molecule has 0 aliphatic carbocycles. The lowest BCUT2D eigenvalue weighted by Gasteiger charge is -2.14. The van der Waals surface area contributed by atoms with Crippen LogP contribution in [0.2, 0.25) is 0 Å². The van der Waals surface area contributed by atoms with Crippen LogP contribution in [0.25, 0.3) is 0 Å². The summed E-state index contributed by atoms with van der Waals surface area (Å²) < 4.78 is 0. The summed E-state index contributed by atoms with van der Waals surface area (Å²) in [5, 5.41) is 25.4. The summed E-state index contributed by atoms with van der Waals surface area (Å²) in [5.41, 5.74) is 0. The van der Waals surface area contributed by atoms with E-state index in [1.165, 1.54) is 6.08 Å². The van der Waals surface area contributed by atoms with Gasteiger partial charge in [0.05, 0.1) is 6.10 Å². The molecular weight excluding hydrogens is 136 g/mol. The maximum atomic E-state index is 8.99. The van der Waals surface area contributed by atoms with Crippen LogP contribution in [-0.4, -0.2) is 34.3 Å². The highest BCUT2D eigenvalue weighted by molar-refractivity contribution is 4.84. The van der Waals surface area contributed by atoms with Crippen molar-refractivity contribution in [2.75, 3.05) is 6.61 Å². The third kappa shape index (κ3) is 2.93. The summed E-state index contributed by atoms with van der Waals surface area (Å²) >= 11 is 0. The SMILES string of the molecule is C=C[C@H](OO)[C@H](O)CCO. The highest BCUT2D eigenvalue weighted by Gasteiger charge is 2.15. The maximum Gasteiger partial charge on any atom is 0.136 e. The molecule has 0 rings (SSSR count). The van der Waals surface area contributed by atoms with Crippen LogP contribution in [0.4, 0.5) is 0 Å². The third-order valence-corrected chi connectivity index (χ3v) is 1.16. The highest BCUT2D eigenvalue weighted by atomic mass is 17.1. The summed E-state index contributed by atoms with van der Waals surface area (Å²) in [4.78, 5) is 3.83. The zero-order valence-electron chi connectivity index (χ0n) is 5.60. The van der Waals surface area contributed by atoms with Crippen LogP contribution < -0.4 is 0 Å². The lowest BCUT2D eigenvalue weighted by atomic mass is 10.1. The zero-order valence-corrected chi connectivity index (χ0v) is 5.60. The van der Waals surface area contributed by atoms with Crippen LogP contribution in [0.15, 0.2) is 12.7 Å². The molecule has 0 saturated carbocycles. The first-order valence-corrected chi connectivity index (χ1v) is 2.98. The minimum atomic E-state index is -0.896. The van der Waals surface area contributed by atoms with E-state index in [0.29, 0.717) is 0 Å². The van der Waals surface area contributed by atoms with E-state index in [4.69, 9.17) is 15.5 Å². The van der Waals surface area contributed by atoms with Gasteiger partial charge in [-0.2, -0.15) is 0 Å². The molecule has 0 aliphatic rings. The van der Waals surface area contributed by atoms with Crippen molar-refractivity contribution in [3.8, 4) is 0 Å². The van der Waals surface area contributed by atoms with Crippen molar-refractivity contribution in [3.63, 3.8) is 0 Å². The molecule has 0 aromatic heterocycles. The molecule has 0 heterocycles. The van der Waals surface area contributed by atoms with Crippen molar-refractivity contribution >= 4 is 0 Å². The van der Waals surface area contributed by atoms with Gasteiger partial charge in [0.25, 0.3) is 0 Å². The molecule has 60 valence electrons. The summed E-state index contributed by atoms with van der Waals surface area (Å²) in [6, 6.07) is 0. The van der Waals surface area contributed by atoms with Crippen LogP contribution in [-0.2, 0) is 4.89 Å². The topological polar surface area (TPSA) is 69.9 Å². The first kappa shape index (κ1) is 9.58. The van der Waals surface area contributed by atoms with Gasteiger partial charge in [0.1, 0.15) is 6.10 Å². The molecule has 0 aromatic rings. The number of hydrogen-bond acceptors (Lipinski definition) is 4. The minimum absolute atomic E-state index is 0.144. The van der Waals surface area contributed by atoms with E-state index < -0.39 is 12.2 Å².